The summed E-state index contributed by atoms with van der Waals surface area (Å²) in [6.45, 7) is 8.05. The molecule has 4 N–H and O–H groups in total. The number of piperazine rings is 1. The van der Waals surface area contributed by atoms with E-state index < -0.39 is 59.6 Å². The van der Waals surface area contributed by atoms with Crippen LogP contribution in [0, 0.1) is 5.92 Å². The predicted octanol–water partition coefficient (Wildman–Crippen LogP) is 2.21. The van der Waals surface area contributed by atoms with E-state index in [0.717, 1.165) is 19.3 Å². The Labute approximate surface area is 314 Å². The number of carbonyl (C=O) groups is 6. The van der Waals surface area contributed by atoms with E-state index in [1.54, 1.807) is 61.8 Å². The highest BCUT2D eigenvalue weighted by Crippen LogP contribution is 2.45. The van der Waals surface area contributed by atoms with Crippen molar-refractivity contribution in [1.82, 2.24) is 35.1 Å². The quantitative estimate of drug-likeness (QED) is 0.272. The number of nitrogens with zero attached hydrogens (tertiary/aromatic N) is 5. The largest absolute Gasteiger partial charge is 0.467 e. The van der Waals surface area contributed by atoms with E-state index in [2.05, 4.69) is 15.7 Å². The zero-order valence-corrected chi connectivity index (χ0v) is 31.5. The average Bonchev–Trinajstić information content (AvgIpc) is 3.75. The monoisotopic (exact) mass is 752 g/mol. The molecule has 17 heteroatoms. The molecule has 2 unspecified atom stereocenters. The van der Waals surface area contributed by atoms with Crippen LogP contribution in [0.25, 0.3) is 5.69 Å². The molecule has 3 heterocycles. The number of rotatable bonds is 13. The standard InChI is InChI=1S/C37H52N8O9/c1-5-52-35(51)43-21-19-42(20-22-43)32(48)27(15-17-39-34(50)54-36(2,3)4)40-31(47)28-23-30(45(41-28)26-13-7-6-8-14-26)53-24-29(46)44-18-10-16-37(44,33(38)49)25-11-9-12-25/h6-8,13-14,23,25,27H,5,9-12,15-22,24H2,1-4H3,(H2,38,49)(H,39,50)(H,40,47). The van der Waals surface area contributed by atoms with Crippen molar-refractivity contribution >= 4 is 35.8 Å². The molecule has 5 rings (SSSR count). The number of likely N-dealkylation sites (tertiary alicyclic amines) is 1. The van der Waals surface area contributed by atoms with Crippen LogP contribution in [0.15, 0.2) is 36.4 Å². The zero-order valence-electron chi connectivity index (χ0n) is 31.5. The highest BCUT2D eigenvalue weighted by atomic mass is 16.6. The fourth-order valence-corrected chi connectivity index (χ4v) is 7.17. The Hall–Kier alpha value is -5.35. The molecule has 0 bridgehead atoms. The number of carbonyl (C=O) groups excluding carboxylic acids is 6. The summed E-state index contributed by atoms with van der Waals surface area (Å²) in [7, 11) is 0. The lowest BCUT2D eigenvalue weighted by Gasteiger charge is -2.46. The van der Waals surface area contributed by atoms with Crippen molar-refractivity contribution in [1.29, 1.82) is 0 Å². The van der Waals surface area contributed by atoms with Gasteiger partial charge in [0.25, 0.3) is 11.8 Å². The first-order chi connectivity index (χ1) is 25.7. The Morgan fingerprint density at radius 3 is 2.28 bits per heavy atom. The molecule has 2 atom stereocenters. The van der Waals surface area contributed by atoms with Gasteiger partial charge < -0.3 is 45.3 Å². The molecular weight excluding hydrogens is 700 g/mol. The molecule has 2 aliphatic heterocycles. The Morgan fingerprint density at radius 1 is 0.981 bits per heavy atom. The number of primary amides is 1. The van der Waals surface area contributed by atoms with Gasteiger partial charge in [0, 0.05) is 45.3 Å². The summed E-state index contributed by atoms with van der Waals surface area (Å²) in [5.41, 5.74) is 4.61. The highest BCUT2D eigenvalue weighted by Gasteiger charge is 2.55. The summed E-state index contributed by atoms with van der Waals surface area (Å²) in [5.74, 6) is -1.88. The first-order valence-corrected chi connectivity index (χ1v) is 18.6. The minimum absolute atomic E-state index is 0.00741. The molecule has 6 amide bonds. The lowest BCUT2D eigenvalue weighted by Crippen LogP contribution is -2.62. The molecule has 17 nitrogen and oxygen atoms in total. The topological polar surface area (TPSA) is 208 Å². The molecule has 2 aromatic rings. The maximum atomic E-state index is 13.9. The molecule has 1 aromatic carbocycles. The molecule has 0 radical (unpaired) electrons. The Bertz CT molecular complexity index is 1680. The van der Waals surface area contributed by atoms with Gasteiger partial charge in [0.1, 0.15) is 17.2 Å². The lowest BCUT2D eigenvalue weighted by molar-refractivity contribution is -0.150. The maximum absolute atomic E-state index is 13.9. The van der Waals surface area contributed by atoms with Crippen LogP contribution < -0.4 is 21.1 Å². The van der Waals surface area contributed by atoms with Crippen LogP contribution >= 0.6 is 0 Å². The van der Waals surface area contributed by atoms with Crippen molar-refractivity contribution in [3.63, 3.8) is 0 Å². The minimum Gasteiger partial charge on any atom is -0.467 e. The fraction of sp³-hybridized carbons (Fsp3) is 0.595. The number of nitrogens with two attached hydrogens (primary N) is 1. The first kappa shape index (κ1) is 39.8. The molecule has 54 heavy (non-hydrogen) atoms. The molecule has 3 aliphatic rings. The second-order valence-electron chi connectivity index (χ2n) is 14.7. The van der Waals surface area contributed by atoms with Gasteiger partial charge >= 0.3 is 12.2 Å². The average molecular weight is 753 g/mol. The number of nitrogens with one attached hydrogen (secondary N) is 2. The van der Waals surface area contributed by atoms with Crippen molar-refractivity contribution in [3.8, 4) is 11.6 Å². The van der Waals surface area contributed by atoms with Gasteiger partial charge in [-0.3, -0.25) is 19.2 Å². The number of amides is 6. The summed E-state index contributed by atoms with van der Waals surface area (Å²) >= 11 is 0. The second-order valence-corrected chi connectivity index (χ2v) is 14.7. The van der Waals surface area contributed by atoms with Gasteiger partial charge in [-0.25, -0.2) is 14.3 Å². The van der Waals surface area contributed by atoms with E-state index in [1.165, 1.54) is 15.6 Å². The summed E-state index contributed by atoms with van der Waals surface area (Å²) in [4.78, 5) is 83.3. The molecule has 2 saturated heterocycles. The van der Waals surface area contributed by atoms with Crippen LogP contribution in [0.4, 0.5) is 9.59 Å². The fourth-order valence-electron chi connectivity index (χ4n) is 7.17. The van der Waals surface area contributed by atoms with Crippen molar-refractivity contribution in [2.75, 3.05) is 52.5 Å². The Balaban J connectivity index is 1.32. The number of alkyl carbamates (subject to hydrolysis) is 1. The van der Waals surface area contributed by atoms with Gasteiger partial charge in [-0.2, -0.15) is 5.10 Å². The van der Waals surface area contributed by atoms with Crippen LogP contribution in [0.2, 0.25) is 0 Å². The van der Waals surface area contributed by atoms with Crippen molar-refractivity contribution < 1.29 is 43.0 Å². The maximum Gasteiger partial charge on any atom is 0.409 e. The molecule has 294 valence electrons. The van der Waals surface area contributed by atoms with Gasteiger partial charge in [-0.1, -0.05) is 24.6 Å². The number of benzene rings is 1. The third-order valence-corrected chi connectivity index (χ3v) is 10.0. The van der Waals surface area contributed by atoms with E-state index in [4.69, 9.17) is 19.9 Å². The number of para-hydroxylation sites is 1. The SMILES string of the molecule is CCOC(=O)N1CCN(C(=O)C(CCNC(=O)OC(C)(C)C)NC(=O)c2cc(OCC(=O)N3CCCC3(C(N)=O)C3CCC3)n(-c3ccccc3)n2)CC1. The predicted molar refractivity (Wildman–Crippen MR) is 195 cm³/mol. The normalized spacial score (nSPS) is 19.4. The third kappa shape index (κ3) is 9.23. The minimum atomic E-state index is -1.09. The third-order valence-electron chi connectivity index (χ3n) is 10.0. The zero-order chi connectivity index (χ0) is 39.0. The van der Waals surface area contributed by atoms with E-state index in [1.807, 2.05) is 6.07 Å². The summed E-state index contributed by atoms with van der Waals surface area (Å²) in [6, 6.07) is 9.18. The first-order valence-electron chi connectivity index (χ1n) is 18.6. The van der Waals surface area contributed by atoms with E-state index in [0.29, 0.717) is 25.1 Å². The van der Waals surface area contributed by atoms with E-state index >= 15 is 0 Å². The number of aromatic nitrogens is 2. The lowest BCUT2D eigenvalue weighted by atomic mass is 9.69. The molecular formula is C37H52N8O9. The van der Waals surface area contributed by atoms with Gasteiger partial charge in [0.2, 0.25) is 17.7 Å². The van der Waals surface area contributed by atoms with E-state index in [9.17, 15) is 28.8 Å². The van der Waals surface area contributed by atoms with Gasteiger partial charge in [0.15, 0.2) is 12.3 Å². The van der Waals surface area contributed by atoms with Crippen LogP contribution in [-0.2, 0) is 23.9 Å². The number of hydrogen-bond acceptors (Lipinski definition) is 10. The Kier molecular flexibility index (Phi) is 12.7. The van der Waals surface area contributed by atoms with Gasteiger partial charge in [-0.05, 0) is 77.8 Å². The van der Waals surface area contributed by atoms with Crippen molar-refractivity contribution in [2.45, 2.75) is 83.4 Å². The van der Waals surface area contributed by atoms with Crippen molar-refractivity contribution in [2.24, 2.45) is 11.7 Å². The molecule has 0 spiro atoms. The van der Waals surface area contributed by atoms with Crippen LogP contribution in [-0.4, -0.2) is 130 Å². The molecule has 1 aromatic heterocycles. The second kappa shape index (κ2) is 17.2. The van der Waals surface area contributed by atoms with Gasteiger partial charge in [0.05, 0.1) is 12.3 Å². The smallest absolute Gasteiger partial charge is 0.409 e. The number of ether oxygens (including phenoxy) is 3. The summed E-state index contributed by atoms with van der Waals surface area (Å²) in [5, 5.41) is 9.89. The van der Waals surface area contributed by atoms with Crippen molar-refractivity contribution in [3.05, 3.63) is 42.1 Å². The molecule has 3 fully saturated rings. The number of hydrogen-bond donors (Lipinski definition) is 3. The van der Waals surface area contributed by atoms with Crippen LogP contribution in [0.5, 0.6) is 5.88 Å². The van der Waals surface area contributed by atoms with Crippen LogP contribution in [0.1, 0.15) is 76.7 Å². The molecule has 1 aliphatic carbocycles. The highest BCUT2D eigenvalue weighted by molar-refractivity contribution is 5.96. The molecule has 1 saturated carbocycles. The van der Waals surface area contributed by atoms with Gasteiger partial charge in [-0.15, -0.1) is 0 Å². The summed E-state index contributed by atoms with van der Waals surface area (Å²) < 4.78 is 17.8. The van der Waals surface area contributed by atoms with Crippen LogP contribution in [0.3, 0.4) is 0 Å². The summed E-state index contributed by atoms with van der Waals surface area (Å²) in [6.07, 6.45) is 2.71. The Morgan fingerprint density at radius 2 is 1.67 bits per heavy atom. The van der Waals surface area contributed by atoms with E-state index in [-0.39, 0.29) is 63.2 Å².